The lowest BCUT2D eigenvalue weighted by Crippen LogP contribution is -2.34. The van der Waals surface area contributed by atoms with Crippen molar-refractivity contribution in [2.75, 3.05) is 25.5 Å². The van der Waals surface area contributed by atoms with Crippen molar-refractivity contribution in [3.8, 4) is 17.0 Å². The maximum Gasteiger partial charge on any atom is 0.261 e. The van der Waals surface area contributed by atoms with E-state index in [1.165, 1.54) is 44.0 Å². The molecule has 2 saturated carbocycles. The molecule has 4 aromatic rings. The number of carbonyl (C=O) groups is 1. The van der Waals surface area contributed by atoms with E-state index in [2.05, 4.69) is 43.0 Å². The third-order valence-electron chi connectivity index (χ3n) is 9.79. The van der Waals surface area contributed by atoms with Crippen molar-refractivity contribution in [1.29, 1.82) is 0 Å². The summed E-state index contributed by atoms with van der Waals surface area (Å²) >= 11 is 0. The van der Waals surface area contributed by atoms with Crippen LogP contribution >= 0.6 is 0 Å². The summed E-state index contributed by atoms with van der Waals surface area (Å²) in [5.74, 6) is -0.0911. The number of benzene rings is 1. The number of ether oxygens (including phenoxy) is 1. The molecule has 10 heteroatoms. The van der Waals surface area contributed by atoms with Gasteiger partial charge in [-0.25, -0.2) is 9.37 Å². The summed E-state index contributed by atoms with van der Waals surface area (Å²) in [5.41, 5.74) is 2.52. The Balaban J connectivity index is 1.21. The van der Waals surface area contributed by atoms with Crippen molar-refractivity contribution in [1.82, 2.24) is 24.4 Å². The zero-order chi connectivity index (χ0) is 30.4. The zero-order valence-corrected chi connectivity index (χ0v) is 25.3. The summed E-state index contributed by atoms with van der Waals surface area (Å²) in [7, 11) is 1.49. The number of fused-ring (bicyclic) bond motifs is 1. The van der Waals surface area contributed by atoms with Crippen molar-refractivity contribution in [3.63, 3.8) is 0 Å². The van der Waals surface area contributed by atoms with Crippen LogP contribution in [0.5, 0.6) is 5.75 Å². The molecule has 1 saturated heterocycles. The number of hydrogen-bond acceptors (Lipinski definition) is 7. The second-order valence-corrected chi connectivity index (χ2v) is 12.9. The Hall–Kier alpha value is -3.89. The minimum atomic E-state index is -0.757. The van der Waals surface area contributed by atoms with Gasteiger partial charge in [0.25, 0.3) is 5.91 Å². The molecular weight excluding hydrogens is 559 g/mol. The van der Waals surface area contributed by atoms with Crippen molar-refractivity contribution < 1.29 is 19.0 Å². The van der Waals surface area contributed by atoms with Crippen molar-refractivity contribution in [3.05, 3.63) is 65.9 Å². The van der Waals surface area contributed by atoms with Gasteiger partial charge in [0.2, 0.25) is 5.95 Å². The summed E-state index contributed by atoms with van der Waals surface area (Å²) in [6, 6.07) is 10.3. The molecule has 230 valence electrons. The molecule has 0 unspecified atom stereocenters. The molecule has 0 radical (unpaired) electrons. The molecule has 1 aromatic carbocycles. The molecule has 3 fully saturated rings. The first-order valence-electron chi connectivity index (χ1n) is 15.7. The minimum absolute atomic E-state index is 0.0111. The summed E-state index contributed by atoms with van der Waals surface area (Å²) in [5, 5.41) is 13.6. The van der Waals surface area contributed by atoms with Crippen molar-refractivity contribution >= 4 is 22.9 Å². The van der Waals surface area contributed by atoms with Gasteiger partial charge in [0, 0.05) is 30.7 Å². The summed E-state index contributed by atoms with van der Waals surface area (Å²) in [6.45, 7) is 4.14. The minimum Gasteiger partial charge on any atom is -0.496 e. The van der Waals surface area contributed by atoms with Gasteiger partial charge in [0.05, 0.1) is 34.9 Å². The smallest absolute Gasteiger partial charge is 0.261 e. The SMILES string of the molecule is COc1ccncc1-c1nccc(C(=O)Nc2nc3cc(C4CCN(C5CC5)CC4)ccc3n2C2CCC(C)(O)CC2)c1F. The number of aliphatic hydroxyl groups is 1. The molecule has 0 atom stereocenters. The Labute approximate surface area is 256 Å². The molecule has 44 heavy (non-hydrogen) atoms. The number of hydrogen-bond donors (Lipinski definition) is 2. The van der Waals surface area contributed by atoms with Crippen LogP contribution in [0.3, 0.4) is 0 Å². The third-order valence-corrected chi connectivity index (χ3v) is 9.79. The molecule has 3 aromatic heterocycles. The van der Waals surface area contributed by atoms with E-state index in [-0.39, 0.29) is 17.3 Å². The van der Waals surface area contributed by atoms with Gasteiger partial charge in [-0.3, -0.25) is 20.1 Å². The summed E-state index contributed by atoms with van der Waals surface area (Å²) < 4.78 is 23.3. The lowest BCUT2D eigenvalue weighted by Gasteiger charge is -2.34. The van der Waals surface area contributed by atoms with Crippen LogP contribution in [0.4, 0.5) is 10.3 Å². The first-order valence-corrected chi connectivity index (χ1v) is 15.7. The Kier molecular flexibility index (Phi) is 7.58. The number of nitrogens with zero attached hydrogens (tertiary/aromatic N) is 5. The number of pyridine rings is 2. The van der Waals surface area contributed by atoms with Gasteiger partial charge >= 0.3 is 0 Å². The average molecular weight is 599 g/mol. The Bertz CT molecular complexity index is 1680. The average Bonchev–Trinajstić information content (AvgIpc) is 3.83. The van der Waals surface area contributed by atoms with Crippen LogP contribution in [0.25, 0.3) is 22.3 Å². The van der Waals surface area contributed by atoms with E-state index in [9.17, 15) is 9.90 Å². The summed E-state index contributed by atoms with van der Waals surface area (Å²) in [6.07, 6.45) is 12.2. The largest absolute Gasteiger partial charge is 0.496 e. The van der Waals surface area contributed by atoms with E-state index in [4.69, 9.17) is 9.72 Å². The van der Waals surface area contributed by atoms with Crippen LogP contribution in [-0.4, -0.2) is 67.3 Å². The van der Waals surface area contributed by atoms with Crippen molar-refractivity contribution in [2.45, 2.75) is 81.9 Å². The normalized spacial score (nSPS) is 23.1. The number of nitrogens with one attached hydrogen (secondary N) is 1. The first kappa shape index (κ1) is 28.9. The number of anilines is 1. The predicted octanol–water partition coefficient (Wildman–Crippen LogP) is 6.10. The summed E-state index contributed by atoms with van der Waals surface area (Å²) in [4.78, 5) is 29.5. The number of halogens is 1. The molecular formula is C34H39FN6O3. The number of piperidine rings is 1. The Morgan fingerprint density at radius 1 is 1.05 bits per heavy atom. The number of aromatic nitrogens is 4. The van der Waals surface area contributed by atoms with Gasteiger partial charge in [-0.15, -0.1) is 0 Å². The molecule has 1 aliphatic heterocycles. The van der Waals surface area contributed by atoms with Crippen LogP contribution in [0, 0.1) is 5.82 Å². The van der Waals surface area contributed by atoms with Gasteiger partial charge in [0.1, 0.15) is 11.4 Å². The molecule has 2 N–H and O–H groups in total. The number of amides is 1. The molecule has 7 rings (SSSR count). The lowest BCUT2D eigenvalue weighted by atomic mass is 9.83. The number of carbonyl (C=O) groups excluding carboxylic acids is 1. The predicted molar refractivity (Wildman–Crippen MR) is 166 cm³/mol. The van der Waals surface area contributed by atoms with Crippen LogP contribution in [0.2, 0.25) is 0 Å². The zero-order valence-electron chi connectivity index (χ0n) is 25.3. The quantitative estimate of drug-likeness (QED) is 0.265. The Morgan fingerprint density at radius 2 is 1.82 bits per heavy atom. The van der Waals surface area contributed by atoms with Crippen molar-refractivity contribution in [2.24, 2.45) is 0 Å². The fraction of sp³-hybridized carbons (Fsp3) is 0.471. The number of imidazole rings is 1. The monoisotopic (exact) mass is 598 g/mol. The molecule has 0 spiro atoms. The maximum absolute atomic E-state index is 15.8. The van der Waals surface area contributed by atoms with Crippen LogP contribution in [0.15, 0.2) is 48.9 Å². The molecule has 4 heterocycles. The highest BCUT2D eigenvalue weighted by Crippen LogP contribution is 2.40. The van der Waals surface area contributed by atoms with E-state index in [0.29, 0.717) is 36.0 Å². The highest BCUT2D eigenvalue weighted by Gasteiger charge is 2.34. The fourth-order valence-corrected chi connectivity index (χ4v) is 7.06. The van der Waals surface area contributed by atoms with E-state index in [1.807, 2.05) is 6.92 Å². The molecule has 3 aliphatic rings. The van der Waals surface area contributed by atoms with Crippen LogP contribution in [-0.2, 0) is 0 Å². The van der Waals surface area contributed by atoms with Gasteiger partial charge in [0.15, 0.2) is 5.82 Å². The topological polar surface area (TPSA) is 105 Å². The maximum atomic E-state index is 15.8. The van der Waals surface area contributed by atoms with E-state index < -0.39 is 17.3 Å². The van der Waals surface area contributed by atoms with Gasteiger partial charge in [-0.2, -0.15) is 0 Å². The van der Waals surface area contributed by atoms with E-state index >= 15 is 4.39 Å². The van der Waals surface area contributed by atoms with Gasteiger partial charge in [-0.05, 0) is 107 Å². The van der Waals surface area contributed by atoms with E-state index in [0.717, 1.165) is 55.8 Å². The number of likely N-dealkylation sites (tertiary alicyclic amines) is 1. The molecule has 1 amide bonds. The molecule has 0 bridgehead atoms. The van der Waals surface area contributed by atoms with E-state index in [1.54, 1.807) is 12.3 Å². The highest BCUT2D eigenvalue weighted by molar-refractivity contribution is 6.05. The molecule has 9 nitrogen and oxygen atoms in total. The Morgan fingerprint density at radius 3 is 2.55 bits per heavy atom. The second kappa shape index (κ2) is 11.6. The van der Waals surface area contributed by atoms with Gasteiger partial charge in [-0.1, -0.05) is 6.07 Å². The van der Waals surface area contributed by atoms with Crippen LogP contribution < -0.4 is 10.1 Å². The lowest BCUT2D eigenvalue weighted by molar-refractivity contribution is 0.0106. The standard InChI is InChI=1S/C34H39FN6O3/c1-34(43)13-7-24(8-14-34)41-28-6-3-22(21-11-17-40(18-12-21)23-4-5-23)19-27(28)38-33(41)39-32(42)25-9-16-37-31(30(25)35)26-20-36-15-10-29(26)44-2/h3,6,9-10,15-16,19-21,23-24,43H,4-5,7-8,11-14,17-18H2,1-2H3,(H,38,39,42). The number of rotatable bonds is 7. The molecule has 2 aliphatic carbocycles. The fourth-order valence-electron chi connectivity index (χ4n) is 7.06. The van der Waals surface area contributed by atoms with Crippen LogP contribution in [0.1, 0.15) is 86.2 Å². The highest BCUT2D eigenvalue weighted by atomic mass is 19.1. The first-order chi connectivity index (χ1) is 21.3. The van der Waals surface area contributed by atoms with Gasteiger partial charge < -0.3 is 19.3 Å². The third kappa shape index (κ3) is 5.57. The second-order valence-electron chi connectivity index (χ2n) is 12.9. The number of methoxy groups -OCH3 is 1.